The van der Waals surface area contributed by atoms with Gasteiger partial charge >= 0.3 is 0 Å². The van der Waals surface area contributed by atoms with Gasteiger partial charge in [-0.3, -0.25) is 14.8 Å². The summed E-state index contributed by atoms with van der Waals surface area (Å²) in [5.74, 6) is -0.269. The molecule has 1 N–H and O–H groups in total. The van der Waals surface area contributed by atoms with Crippen LogP contribution < -0.4 is 5.32 Å². The Morgan fingerprint density at radius 2 is 2.00 bits per heavy atom. The lowest BCUT2D eigenvalue weighted by Gasteiger charge is -2.15. The fourth-order valence-electron chi connectivity index (χ4n) is 2.86. The van der Waals surface area contributed by atoms with E-state index in [-0.39, 0.29) is 11.6 Å². The Morgan fingerprint density at radius 3 is 2.66 bits per heavy atom. The van der Waals surface area contributed by atoms with Crippen LogP contribution in [0.3, 0.4) is 0 Å². The van der Waals surface area contributed by atoms with Crippen molar-refractivity contribution in [1.29, 1.82) is 0 Å². The molecule has 0 aromatic carbocycles. The molecule has 32 heavy (non-hydrogen) atoms. The number of rotatable bonds is 11. The van der Waals surface area contributed by atoms with E-state index >= 15 is 0 Å². The number of aromatic nitrogens is 3. The number of hydrogen-bond acceptors (Lipinski definition) is 6. The molecule has 7 heteroatoms. The SMILES string of the molecule is C=N/C(=C\N(C)CCCCc1cc(/C=C\C)c(C)nn1)C(=O)NCc1ccccn1.CC. The number of aliphatic imine (C=N–C) groups is 1. The third kappa shape index (κ3) is 9.64. The number of nitrogens with zero attached hydrogens (tertiary/aromatic N) is 5. The van der Waals surface area contributed by atoms with Crippen LogP contribution in [0.2, 0.25) is 0 Å². The van der Waals surface area contributed by atoms with Gasteiger partial charge in [-0.2, -0.15) is 10.2 Å². The first-order valence-corrected chi connectivity index (χ1v) is 11.1. The molecule has 2 aromatic rings. The van der Waals surface area contributed by atoms with Crippen LogP contribution in [0.5, 0.6) is 0 Å². The van der Waals surface area contributed by atoms with Crippen molar-refractivity contribution in [2.45, 2.75) is 53.5 Å². The fraction of sp³-hybridized carbons (Fsp3) is 0.400. The zero-order valence-corrected chi connectivity index (χ0v) is 20.0. The zero-order chi connectivity index (χ0) is 23.8. The molecule has 0 saturated carbocycles. The van der Waals surface area contributed by atoms with Crippen LogP contribution >= 0.6 is 0 Å². The maximum absolute atomic E-state index is 12.3. The predicted octanol–water partition coefficient (Wildman–Crippen LogP) is 4.35. The molecular formula is C25H36N6O. The second kappa shape index (κ2) is 15.5. The summed E-state index contributed by atoms with van der Waals surface area (Å²) in [6.07, 6.45) is 10.3. The molecule has 0 aliphatic heterocycles. The largest absolute Gasteiger partial charge is 0.379 e. The van der Waals surface area contributed by atoms with Crippen molar-refractivity contribution in [2.24, 2.45) is 4.99 Å². The van der Waals surface area contributed by atoms with Crippen molar-refractivity contribution < 1.29 is 4.79 Å². The second-order valence-corrected chi connectivity index (χ2v) is 6.99. The van der Waals surface area contributed by atoms with E-state index in [0.717, 1.165) is 48.5 Å². The Kier molecular flexibility index (Phi) is 12.9. The Bertz CT molecular complexity index is 893. The van der Waals surface area contributed by atoms with Crippen molar-refractivity contribution in [3.05, 3.63) is 71.1 Å². The molecule has 0 radical (unpaired) electrons. The summed E-state index contributed by atoms with van der Waals surface area (Å²) in [6.45, 7) is 12.6. The number of nitrogens with one attached hydrogen (secondary N) is 1. The summed E-state index contributed by atoms with van der Waals surface area (Å²) in [5.41, 5.74) is 4.12. The van der Waals surface area contributed by atoms with Gasteiger partial charge in [0.2, 0.25) is 0 Å². The molecule has 0 aliphatic rings. The molecule has 2 rings (SSSR count). The molecule has 0 fully saturated rings. The number of allylic oxidation sites excluding steroid dienone is 1. The van der Waals surface area contributed by atoms with Crippen molar-refractivity contribution in [3.63, 3.8) is 0 Å². The van der Waals surface area contributed by atoms with Gasteiger partial charge < -0.3 is 10.2 Å². The van der Waals surface area contributed by atoms with Gasteiger partial charge in [-0.15, -0.1) is 0 Å². The van der Waals surface area contributed by atoms with Gasteiger partial charge in [-0.05, 0) is 63.6 Å². The summed E-state index contributed by atoms with van der Waals surface area (Å²) in [4.78, 5) is 22.3. The van der Waals surface area contributed by atoms with E-state index < -0.39 is 0 Å². The van der Waals surface area contributed by atoms with Gasteiger partial charge in [0.15, 0.2) is 0 Å². The maximum Gasteiger partial charge on any atom is 0.271 e. The molecule has 0 aliphatic carbocycles. The number of unbranched alkanes of at least 4 members (excludes halogenated alkanes) is 1. The predicted molar refractivity (Wildman–Crippen MR) is 132 cm³/mol. The highest BCUT2D eigenvalue weighted by Gasteiger charge is 2.09. The Morgan fingerprint density at radius 1 is 1.22 bits per heavy atom. The molecule has 0 saturated heterocycles. The summed E-state index contributed by atoms with van der Waals surface area (Å²) in [5, 5.41) is 11.3. The first-order chi connectivity index (χ1) is 15.5. The van der Waals surface area contributed by atoms with Crippen molar-refractivity contribution in [1.82, 2.24) is 25.4 Å². The van der Waals surface area contributed by atoms with Crippen LogP contribution in [0.15, 0.2) is 53.4 Å². The lowest BCUT2D eigenvalue weighted by Crippen LogP contribution is -2.26. The van der Waals surface area contributed by atoms with Crippen molar-refractivity contribution in [2.75, 3.05) is 13.6 Å². The molecular weight excluding hydrogens is 400 g/mol. The second-order valence-electron chi connectivity index (χ2n) is 6.99. The first-order valence-electron chi connectivity index (χ1n) is 11.1. The Balaban J connectivity index is 0.00000249. The average Bonchev–Trinajstić information content (AvgIpc) is 2.82. The molecule has 7 nitrogen and oxygen atoms in total. The van der Waals surface area contributed by atoms with Gasteiger partial charge in [-0.1, -0.05) is 32.1 Å². The number of amides is 1. The molecule has 0 atom stereocenters. The number of carbonyl (C=O) groups excluding carboxylic acids is 1. The van der Waals surface area contributed by atoms with E-state index in [1.807, 2.05) is 63.9 Å². The van der Waals surface area contributed by atoms with E-state index in [9.17, 15) is 4.79 Å². The van der Waals surface area contributed by atoms with E-state index in [1.54, 1.807) is 12.4 Å². The van der Waals surface area contributed by atoms with Crippen LogP contribution in [-0.2, 0) is 17.8 Å². The highest BCUT2D eigenvalue weighted by Crippen LogP contribution is 2.11. The van der Waals surface area contributed by atoms with Crippen molar-refractivity contribution >= 4 is 18.7 Å². The molecule has 2 aromatic heterocycles. The summed E-state index contributed by atoms with van der Waals surface area (Å²) in [6, 6.07) is 7.67. The van der Waals surface area contributed by atoms with Gasteiger partial charge in [0.05, 0.1) is 23.6 Å². The van der Waals surface area contributed by atoms with E-state index in [1.165, 1.54) is 0 Å². The topological polar surface area (TPSA) is 83.4 Å². The minimum Gasteiger partial charge on any atom is -0.379 e. The smallest absolute Gasteiger partial charge is 0.271 e. The van der Waals surface area contributed by atoms with E-state index in [4.69, 9.17) is 0 Å². The molecule has 1 amide bonds. The lowest BCUT2D eigenvalue weighted by atomic mass is 10.1. The first kappa shape index (κ1) is 26.7. The van der Waals surface area contributed by atoms with Crippen LogP contribution in [0.25, 0.3) is 6.08 Å². The monoisotopic (exact) mass is 436 g/mol. The number of pyridine rings is 1. The summed E-state index contributed by atoms with van der Waals surface area (Å²) < 4.78 is 0. The molecule has 172 valence electrons. The van der Waals surface area contributed by atoms with Gasteiger partial charge in [0.1, 0.15) is 5.70 Å². The van der Waals surface area contributed by atoms with Crippen LogP contribution in [0.4, 0.5) is 0 Å². The zero-order valence-electron chi connectivity index (χ0n) is 20.0. The van der Waals surface area contributed by atoms with E-state index in [2.05, 4.69) is 44.4 Å². The minimum absolute atomic E-state index is 0.269. The maximum atomic E-state index is 12.3. The summed E-state index contributed by atoms with van der Waals surface area (Å²) in [7, 11) is 1.92. The number of hydrogen-bond donors (Lipinski definition) is 1. The number of carbonyl (C=O) groups is 1. The fourth-order valence-corrected chi connectivity index (χ4v) is 2.86. The molecule has 2 heterocycles. The minimum atomic E-state index is -0.269. The lowest BCUT2D eigenvalue weighted by molar-refractivity contribution is -0.117. The Hall–Kier alpha value is -3.35. The van der Waals surface area contributed by atoms with Crippen LogP contribution in [0.1, 0.15) is 56.3 Å². The van der Waals surface area contributed by atoms with Gasteiger partial charge in [0.25, 0.3) is 5.91 Å². The highest BCUT2D eigenvalue weighted by atomic mass is 16.2. The van der Waals surface area contributed by atoms with E-state index in [0.29, 0.717) is 6.54 Å². The molecule has 0 spiro atoms. The highest BCUT2D eigenvalue weighted by molar-refractivity contribution is 5.93. The third-order valence-electron chi connectivity index (χ3n) is 4.51. The van der Waals surface area contributed by atoms with Gasteiger partial charge in [-0.25, -0.2) is 0 Å². The summed E-state index contributed by atoms with van der Waals surface area (Å²) >= 11 is 0. The normalized spacial score (nSPS) is 11.0. The standard InChI is InChI=1S/C23H30N6O.C2H6/c1-5-10-19-15-20(28-27-18(19)2)11-7-9-14-29(4)17-22(24-3)23(30)26-16-21-12-6-8-13-25-21;1-2/h5-6,8,10,12-13,15,17H,3,7,9,11,14,16H2,1-2,4H3,(H,26,30);1-2H3/b10-5-,22-17-;. The Labute approximate surface area is 192 Å². The quantitative estimate of drug-likeness (QED) is 0.322. The van der Waals surface area contributed by atoms with Crippen molar-refractivity contribution in [3.8, 4) is 0 Å². The van der Waals surface area contributed by atoms with Gasteiger partial charge in [0, 0.05) is 26.0 Å². The molecule has 0 bridgehead atoms. The number of aryl methyl sites for hydroxylation is 2. The average molecular weight is 437 g/mol. The van der Waals surface area contributed by atoms with Crippen LogP contribution in [0, 0.1) is 6.92 Å². The third-order valence-corrected chi connectivity index (χ3v) is 4.51. The molecule has 0 unspecified atom stereocenters. The van der Waals surface area contributed by atoms with Crippen LogP contribution in [-0.4, -0.2) is 46.3 Å².